The largest absolute Gasteiger partial charge is 0.465 e. The molecule has 0 radical (unpaired) electrons. The molecule has 0 aromatic heterocycles. The fourth-order valence-corrected chi connectivity index (χ4v) is 1.63. The second-order valence-electron chi connectivity index (χ2n) is 4.34. The first-order chi connectivity index (χ1) is 6.63. The summed E-state index contributed by atoms with van der Waals surface area (Å²) in [5, 5.41) is 0. The fraction of sp³-hybridized carbons (Fsp3) is 0.889. The number of rotatable bonds is 5. The SMILES string of the molecule is CC(C)(C)C(=O)OCCCCS(=O)(=O)Cl. The van der Waals surface area contributed by atoms with Crippen molar-refractivity contribution in [2.75, 3.05) is 12.4 Å². The quantitative estimate of drug-likeness (QED) is 0.428. The molecule has 0 aliphatic carbocycles. The van der Waals surface area contributed by atoms with Crippen LogP contribution in [0.4, 0.5) is 0 Å². The van der Waals surface area contributed by atoms with Crippen LogP contribution in [0.15, 0.2) is 0 Å². The van der Waals surface area contributed by atoms with E-state index in [-0.39, 0.29) is 18.3 Å². The zero-order valence-corrected chi connectivity index (χ0v) is 10.8. The van der Waals surface area contributed by atoms with Gasteiger partial charge in [0.05, 0.1) is 17.8 Å². The Labute approximate surface area is 95.4 Å². The lowest BCUT2D eigenvalue weighted by Crippen LogP contribution is -2.23. The molecule has 90 valence electrons. The van der Waals surface area contributed by atoms with Gasteiger partial charge >= 0.3 is 5.97 Å². The molecule has 0 aromatic carbocycles. The van der Waals surface area contributed by atoms with E-state index in [0.717, 1.165) is 0 Å². The van der Waals surface area contributed by atoms with Gasteiger partial charge in [0.1, 0.15) is 0 Å². The molecule has 0 aliphatic rings. The highest BCUT2D eigenvalue weighted by atomic mass is 35.7. The van der Waals surface area contributed by atoms with Crippen molar-refractivity contribution in [2.24, 2.45) is 5.41 Å². The molecule has 0 spiro atoms. The Kier molecular flexibility index (Phi) is 5.59. The van der Waals surface area contributed by atoms with Gasteiger partial charge in [-0.3, -0.25) is 4.79 Å². The first-order valence-corrected chi connectivity index (χ1v) is 7.20. The average Bonchev–Trinajstić information content (AvgIpc) is 1.99. The van der Waals surface area contributed by atoms with Crippen LogP contribution >= 0.6 is 10.7 Å². The number of carbonyl (C=O) groups is 1. The van der Waals surface area contributed by atoms with Crippen molar-refractivity contribution >= 4 is 25.7 Å². The Balaban J connectivity index is 3.61. The molecular formula is C9H17ClO4S. The highest BCUT2D eigenvalue weighted by Crippen LogP contribution is 2.15. The van der Waals surface area contributed by atoms with Crippen molar-refractivity contribution in [3.63, 3.8) is 0 Å². The Hall–Kier alpha value is -0.290. The zero-order valence-electron chi connectivity index (χ0n) is 9.25. The van der Waals surface area contributed by atoms with Crippen molar-refractivity contribution in [2.45, 2.75) is 33.6 Å². The van der Waals surface area contributed by atoms with Gasteiger partial charge in [0.2, 0.25) is 9.05 Å². The second kappa shape index (κ2) is 5.70. The Bertz CT molecular complexity index is 303. The summed E-state index contributed by atoms with van der Waals surface area (Å²) in [7, 11) is 1.59. The second-order valence-corrected chi connectivity index (χ2v) is 7.23. The molecule has 0 N–H and O–H groups in total. The van der Waals surface area contributed by atoms with Gasteiger partial charge in [0, 0.05) is 10.7 Å². The predicted molar refractivity (Wildman–Crippen MR) is 59.3 cm³/mol. The Morgan fingerprint density at radius 1 is 1.27 bits per heavy atom. The summed E-state index contributed by atoms with van der Waals surface area (Å²) in [4.78, 5) is 11.3. The van der Waals surface area contributed by atoms with Gasteiger partial charge in [-0.15, -0.1) is 0 Å². The Morgan fingerprint density at radius 3 is 2.20 bits per heavy atom. The molecule has 0 saturated carbocycles. The van der Waals surface area contributed by atoms with E-state index in [2.05, 4.69) is 0 Å². The monoisotopic (exact) mass is 256 g/mol. The molecular weight excluding hydrogens is 240 g/mol. The number of carbonyl (C=O) groups excluding carboxylic acids is 1. The van der Waals surface area contributed by atoms with Crippen LogP contribution in [0.5, 0.6) is 0 Å². The lowest BCUT2D eigenvalue weighted by atomic mass is 9.97. The fourth-order valence-electron chi connectivity index (χ4n) is 0.758. The number of hydrogen-bond donors (Lipinski definition) is 0. The van der Waals surface area contributed by atoms with E-state index in [0.29, 0.717) is 12.8 Å². The molecule has 4 nitrogen and oxygen atoms in total. The van der Waals surface area contributed by atoms with Crippen LogP contribution in [0.2, 0.25) is 0 Å². The Morgan fingerprint density at radius 2 is 1.80 bits per heavy atom. The number of esters is 1. The van der Waals surface area contributed by atoms with Crippen LogP contribution < -0.4 is 0 Å². The lowest BCUT2D eigenvalue weighted by Gasteiger charge is -2.16. The normalized spacial score (nSPS) is 12.5. The van der Waals surface area contributed by atoms with Crippen molar-refractivity contribution in [3.8, 4) is 0 Å². The zero-order chi connectivity index (χ0) is 12.1. The van der Waals surface area contributed by atoms with Crippen molar-refractivity contribution < 1.29 is 17.9 Å². The van der Waals surface area contributed by atoms with Gasteiger partial charge in [-0.05, 0) is 33.6 Å². The van der Waals surface area contributed by atoms with Crippen molar-refractivity contribution in [1.82, 2.24) is 0 Å². The molecule has 0 unspecified atom stereocenters. The smallest absolute Gasteiger partial charge is 0.311 e. The minimum atomic E-state index is -3.42. The molecule has 0 aromatic rings. The van der Waals surface area contributed by atoms with E-state index in [1.54, 1.807) is 20.8 Å². The summed E-state index contributed by atoms with van der Waals surface area (Å²) in [6.07, 6.45) is 0.914. The molecule has 0 saturated heterocycles. The summed E-state index contributed by atoms with van der Waals surface area (Å²) in [5.74, 6) is -0.363. The molecule has 0 rings (SSSR count). The van der Waals surface area contributed by atoms with Crippen LogP contribution in [-0.2, 0) is 18.6 Å². The molecule has 0 bridgehead atoms. The van der Waals surface area contributed by atoms with Gasteiger partial charge in [0.15, 0.2) is 0 Å². The van der Waals surface area contributed by atoms with Gasteiger partial charge < -0.3 is 4.74 Å². The van der Waals surface area contributed by atoms with E-state index in [1.165, 1.54) is 0 Å². The average molecular weight is 257 g/mol. The molecule has 0 fully saturated rings. The summed E-state index contributed by atoms with van der Waals surface area (Å²) < 4.78 is 26.0. The molecule has 0 atom stereocenters. The molecule has 0 aliphatic heterocycles. The standard InChI is InChI=1S/C9H17ClO4S/c1-9(2,3)8(11)14-6-4-5-7-15(10,12)13/h4-7H2,1-3H3. The summed E-state index contributed by atoms with van der Waals surface area (Å²) in [6.45, 7) is 5.53. The first kappa shape index (κ1) is 14.7. The van der Waals surface area contributed by atoms with E-state index < -0.39 is 14.5 Å². The van der Waals surface area contributed by atoms with Crippen LogP contribution in [0.25, 0.3) is 0 Å². The minimum absolute atomic E-state index is 0.0817. The van der Waals surface area contributed by atoms with E-state index >= 15 is 0 Å². The number of unbranched alkanes of at least 4 members (excludes halogenated alkanes) is 1. The van der Waals surface area contributed by atoms with Crippen LogP contribution in [-0.4, -0.2) is 26.7 Å². The van der Waals surface area contributed by atoms with Gasteiger partial charge in [0.25, 0.3) is 0 Å². The summed E-state index contributed by atoms with van der Waals surface area (Å²) in [5.41, 5.74) is -0.515. The molecule has 0 amide bonds. The van der Waals surface area contributed by atoms with E-state index in [9.17, 15) is 13.2 Å². The maximum Gasteiger partial charge on any atom is 0.311 e. The summed E-state index contributed by atoms with van der Waals surface area (Å²) in [6, 6.07) is 0. The third kappa shape index (κ3) is 8.69. The predicted octanol–water partition coefficient (Wildman–Crippen LogP) is 1.92. The van der Waals surface area contributed by atoms with E-state index in [4.69, 9.17) is 15.4 Å². The number of hydrogen-bond acceptors (Lipinski definition) is 4. The van der Waals surface area contributed by atoms with Crippen LogP contribution in [0, 0.1) is 5.41 Å². The van der Waals surface area contributed by atoms with E-state index in [1.807, 2.05) is 0 Å². The number of ether oxygens (including phenoxy) is 1. The highest BCUT2D eigenvalue weighted by Gasteiger charge is 2.22. The lowest BCUT2D eigenvalue weighted by molar-refractivity contribution is -0.153. The van der Waals surface area contributed by atoms with Gasteiger partial charge in [-0.25, -0.2) is 8.42 Å². The first-order valence-electron chi connectivity index (χ1n) is 4.72. The molecule has 0 heterocycles. The van der Waals surface area contributed by atoms with Gasteiger partial charge in [-0.1, -0.05) is 0 Å². The third-order valence-corrected chi connectivity index (χ3v) is 2.87. The summed E-state index contributed by atoms with van der Waals surface area (Å²) >= 11 is 0. The maximum absolute atomic E-state index is 11.3. The highest BCUT2D eigenvalue weighted by molar-refractivity contribution is 8.13. The molecule has 6 heteroatoms. The van der Waals surface area contributed by atoms with Gasteiger partial charge in [-0.2, -0.15) is 0 Å². The minimum Gasteiger partial charge on any atom is -0.465 e. The van der Waals surface area contributed by atoms with Crippen molar-refractivity contribution in [1.29, 1.82) is 0 Å². The maximum atomic E-state index is 11.3. The number of halogens is 1. The van der Waals surface area contributed by atoms with Crippen LogP contribution in [0.3, 0.4) is 0 Å². The topological polar surface area (TPSA) is 60.4 Å². The molecule has 15 heavy (non-hydrogen) atoms. The van der Waals surface area contributed by atoms with Crippen molar-refractivity contribution in [3.05, 3.63) is 0 Å². The van der Waals surface area contributed by atoms with Crippen LogP contribution in [0.1, 0.15) is 33.6 Å². The third-order valence-electron chi connectivity index (χ3n) is 1.63.